The molecule has 16 heavy (non-hydrogen) atoms. The second-order valence-electron chi connectivity index (χ2n) is 4.12. The maximum Gasteiger partial charge on any atom is 0.229 e. The van der Waals surface area contributed by atoms with E-state index in [1.165, 1.54) is 0 Å². The molecule has 5 nitrogen and oxygen atoms in total. The van der Waals surface area contributed by atoms with Crippen LogP contribution < -0.4 is 10.6 Å². The van der Waals surface area contributed by atoms with Gasteiger partial charge in [0.25, 0.3) is 0 Å². The van der Waals surface area contributed by atoms with E-state index in [2.05, 4.69) is 15.7 Å². The smallest absolute Gasteiger partial charge is 0.229 e. The fourth-order valence-corrected chi connectivity index (χ4v) is 2.03. The molecule has 2 rings (SSSR count). The van der Waals surface area contributed by atoms with Crippen molar-refractivity contribution in [1.82, 2.24) is 9.78 Å². The number of aryl methyl sites for hydroxylation is 2. The van der Waals surface area contributed by atoms with Crippen LogP contribution in [0, 0.1) is 5.92 Å². The minimum absolute atomic E-state index is 0.0390. The van der Waals surface area contributed by atoms with Crippen LogP contribution in [0.5, 0.6) is 0 Å². The Balaban J connectivity index is 2.37. The van der Waals surface area contributed by atoms with Crippen LogP contribution in [0.25, 0.3) is 0 Å². The Morgan fingerprint density at radius 3 is 2.88 bits per heavy atom. The minimum atomic E-state index is 0.0390. The zero-order chi connectivity index (χ0) is 11.7. The van der Waals surface area contributed by atoms with Crippen molar-refractivity contribution in [1.29, 1.82) is 0 Å². The topological polar surface area (TPSA) is 59.0 Å². The van der Waals surface area contributed by atoms with Crippen molar-refractivity contribution in [3.63, 3.8) is 0 Å². The molecular weight excluding hydrogens is 204 g/mol. The van der Waals surface area contributed by atoms with Gasteiger partial charge in [0.05, 0.1) is 11.6 Å². The summed E-state index contributed by atoms with van der Waals surface area (Å²) < 4.78 is 1.80. The van der Waals surface area contributed by atoms with Crippen molar-refractivity contribution in [3.05, 3.63) is 5.69 Å². The molecule has 0 saturated carbocycles. The molecule has 88 valence electrons. The van der Waals surface area contributed by atoms with Crippen LogP contribution in [0.3, 0.4) is 0 Å². The molecule has 1 aliphatic heterocycles. The Morgan fingerprint density at radius 1 is 1.50 bits per heavy atom. The molecule has 5 heteroatoms. The Morgan fingerprint density at radius 2 is 2.25 bits per heavy atom. The summed E-state index contributed by atoms with van der Waals surface area (Å²) in [6, 6.07) is 0. The van der Waals surface area contributed by atoms with Gasteiger partial charge < -0.3 is 10.6 Å². The quantitative estimate of drug-likeness (QED) is 0.794. The molecule has 2 N–H and O–H groups in total. The first kappa shape index (κ1) is 11.0. The highest BCUT2D eigenvalue weighted by Gasteiger charge is 2.26. The van der Waals surface area contributed by atoms with Crippen LogP contribution in [-0.4, -0.2) is 22.2 Å². The number of carbonyl (C=O) groups is 1. The molecule has 0 aliphatic carbocycles. The van der Waals surface area contributed by atoms with E-state index < -0.39 is 0 Å². The molecule has 0 spiro atoms. The minimum Gasteiger partial charge on any atom is -0.368 e. The zero-order valence-corrected chi connectivity index (χ0v) is 10.0. The highest BCUT2D eigenvalue weighted by atomic mass is 16.2. The lowest BCUT2D eigenvalue weighted by Crippen LogP contribution is -2.25. The third-order valence-electron chi connectivity index (χ3n) is 3.08. The Kier molecular flexibility index (Phi) is 2.85. The third-order valence-corrected chi connectivity index (χ3v) is 3.08. The molecule has 0 fully saturated rings. The number of fused-ring (bicyclic) bond motifs is 1. The molecule has 1 amide bonds. The SMILES string of the molecule is CCc1nn(C)c2c1NC(=O)C(CC)CN2. The lowest BCUT2D eigenvalue weighted by Gasteiger charge is -2.10. The van der Waals surface area contributed by atoms with Gasteiger partial charge in [-0.25, -0.2) is 0 Å². The largest absolute Gasteiger partial charge is 0.368 e. The van der Waals surface area contributed by atoms with Crippen LogP contribution in [0.15, 0.2) is 0 Å². The van der Waals surface area contributed by atoms with Crippen molar-refractivity contribution < 1.29 is 4.79 Å². The first-order chi connectivity index (χ1) is 7.67. The molecule has 2 heterocycles. The summed E-state index contributed by atoms with van der Waals surface area (Å²) in [6.45, 7) is 4.75. The molecule has 1 aromatic heterocycles. The first-order valence-electron chi connectivity index (χ1n) is 5.78. The monoisotopic (exact) mass is 222 g/mol. The highest BCUT2D eigenvalue weighted by molar-refractivity contribution is 5.97. The van der Waals surface area contributed by atoms with Crippen molar-refractivity contribution in [3.8, 4) is 0 Å². The average molecular weight is 222 g/mol. The van der Waals surface area contributed by atoms with Crippen molar-refractivity contribution in [2.75, 3.05) is 17.2 Å². The number of amides is 1. The molecule has 0 aromatic carbocycles. The molecule has 0 saturated heterocycles. The normalized spacial score (nSPS) is 19.7. The van der Waals surface area contributed by atoms with E-state index in [0.29, 0.717) is 6.54 Å². The summed E-state index contributed by atoms with van der Waals surface area (Å²) in [7, 11) is 1.89. The van der Waals surface area contributed by atoms with Gasteiger partial charge in [0.2, 0.25) is 5.91 Å². The number of nitrogens with zero attached hydrogens (tertiary/aromatic N) is 2. The van der Waals surface area contributed by atoms with Crippen LogP contribution in [0.1, 0.15) is 26.0 Å². The van der Waals surface area contributed by atoms with Gasteiger partial charge in [-0.05, 0) is 12.8 Å². The van der Waals surface area contributed by atoms with E-state index in [0.717, 1.165) is 30.0 Å². The molecule has 0 radical (unpaired) electrons. The van der Waals surface area contributed by atoms with Crippen LogP contribution >= 0.6 is 0 Å². The second-order valence-corrected chi connectivity index (χ2v) is 4.12. The van der Waals surface area contributed by atoms with Crippen LogP contribution in [-0.2, 0) is 18.3 Å². The predicted molar refractivity (Wildman–Crippen MR) is 63.5 cm³/mol. The second kappa shape index (κ2) is 4.15. The number of carbonyl (C=O) groups excluding carboxylic acids is 1. The summed E-state index contributed by atoms with van der Waals surface area (Å²) >= 11 is 0. The van der Waals surface area contributed by atoms with E-state index in [1.807, 2.05) is 20.9 Å². The van der Waals surface area contributed by atoms with Gasteiger partial charge in [0, 0.05) is 13.6 Å². The van der Waals surface area contributed by atoms with Crippen LogP contribution in [0.4, 0.5) is 11.5 Å². The van der Waals surface area contributed by atoms with Crippen LogP contribution in [0.2, 0.25) is 0 Å². The van der Waals surface area contributed by atoms with Gasteiger partial charge >= 0.3 is 0 Å². The van der Waals surface area contributed by atoms with Gasteiger partial charge in [0.1, 0.15) is 11.5 Å². The van der Waals surface area contributed by atoms with Gasteiger partial charge in [-0.3, -0.25) is 9.48 Å². The number of anilines is 2. The highest BCUT2D eigenvalue weighted by Crippen LogP contribution is 2.29. The standard InChI is InChI=1S/C11H18N4O/c1-4-7-6-12-10-9(13-11(7)16)8(5-2)14-15(10)3/h7,12H,4-6H2,1-3H3,(H,13,16). The van der Waals surface area contributed by atoms with E-state index >= 15 is 0 Å². The molecular formula is C11H18N4O. The van der Waals surface area contributed by atoms with Gasteiger partial charge in [-0.1, -0.05) is 13.8 Å². The fourth-order valence-electron chi connectivity index (χ4n) is 2.03. The summed E-state index contributed by atoms with van der Waals surface area (Å²) in [6.07, 6.45) is 1.67. The van der Waals surface area contributed by atoms with E-state index in [9.17, 15) is 4.79 Å². The van der Waals surface area contributed by atoms with Gasteiger partial charge in [-0.15, -0.1) is 0 Å². The average Bonchev–Trinajstić information content (AvgIpc) is 2.46. The lowest BCUT2D eigenvalue weighted by molar-refractivity contribution is -0.119. The number of nitrogens with one attached hydrogen (secondary N) is 2. The molecule has 0 bridgehead atoms. The Bertz CT molecular complexity index is 410. The van der Waals surface area contributed by atoms with E-state index in [4.69, 9.17) is 0 Å². The molecule has 1 aromatic rings. The number of aromatic nitrogens is 2. The first-order valence-corrected chi connectivity index (χ1v) is 5.78. The fraction of sp³-hybridized carbons (Fsp3) is 0.636. The number of hydrogen-bond donors (Lipinski definition) is 2. The van der Waals surface area contributed by atoms with E-state index in [1.54, 1.807) is 4.68 Å². The van der Waals surface area contributed by atoms with Gasteiger partial charge in [0.15, 0.2) is 0 Å². The summed E-state index contributed by atoms with van der Waals surface area (Å²) in [5.41, 5.74) is 1.79. The Labute approximate surface area is 95.2 Å². The molecule has 1 atom stereocenters. The number of rotatable bonds is 2. The zero-order valence-electron chi connectivity index (χ0n) is 10.0. The maximum atomic E-state index is 11.9. The summed E-state index contributed by atoms with van der Waals surface area (Å²) in [5.74, 6) is 1.05. The summed E-state index contributed by atoms with van der Waals surface area (Å²) in [4.78, 5) is 11.9. The van der Waals surface area contributed by atoms with E-state index in [-0.39, 0.29) is 11.8 Å². The third kappa shape index (κ3) is 1.66. The molecule has 1 aliphatic rings. The van der Waals surface area contributed by atoms with Crippen molar-refractivity contribution >= 4 is 17.4 Å². The van der Waals surface area contributed by atoms with Crippen molar-refractivity contribution in [2.24, 2.45) is 13.0 Å². The molecule has 1 unspecified atom stereocenters. The lowest BCUT2D eigenvalue weighted by atomic mass is 10.1. The predicted octanol–water partition coefficient (Wildman–Crippen LogP) is 1.37. The number of hydrogen-bond acceptors (Lipinski definition) is 3. The van der Waals surface area contributed by atoms with Gasteiger partial charge in [-0.2, -0.15) is 5.10 Å². The maximum absolute atomic E-state index is 11.9. The van der Waals surface area contributed by atoms with Crippen molar-refractivity contribution in [2.45, 2.75) is 26.7 Å². The summed E-state index contributed by atoms with van der Waals surface area (Å²) in [5, 5.41) is 10.7. The Hall–Kier alpha value is -1.52.